The molecule has 0 amide bonds. The summed E-state index contributed by atoms with van der Waals surface area (Å²) in [4.78, 5) is 4.35. The molecule has 0 spiro atoms. The SMILES string of the molecule is Cc1cc(C)c(CN)c(Oc2ccc(F)cc2Br)n1. The van der Waals surface area contributed by atoms with Crippen LogP contribution in [0.2, 0.25) is 0 Å². The van der Waals surface area contributed by atoms with Gasteiger partial charge in [0.15, 0.2) is 0 Å². The highest BCUT2D eigenvalue weighted by Crippen LogP contribution is 2.32. The quantitative estimate of drug-likeness (QED) is 0.932. The van der Waals surface area contributed by atoms with E-state index in [1.807, 2.05) is 19.9 Å². The fourth-order valence-corrected chi connectivity index (χ4v) is 2.26. The lowest BCUT2D eigenvalue weighted by atomic mass is 10.1. The van der Waals surface area contributed by atoms with Crippen LogP contribution in [-0.4, -0.2) is 4.98 Å². The molecule has 100 valence electrons. The number of rotatable bonds is 3. The van der Waals surface area contributed by atoms with Crippen molar-refractivity contribution in [2.75, 3.05) is 0 Å². The Morgan fingerprint density at radius 1 is 1.32 bits per heavy atom. The van der Waals surface area contributed by atoms with Crippen molar-refractivity contribution in [3.8, 4) is 11.6 Å². The Hall–Kier alpha value is -1.46. The molecule has 0 unspecified atom stereocenters. The number of ether oxygens (including phenoxy) is 1. The number of aryl methyl sites for hydroxylation is 2. The van der Waals surface area contributed by atoms with Gasteiger partial charge in [-0.15, -0.1) is 0 Å². The van der Waals surface area contributed by atoms with Crippen LogP contribution in [0.3, 0.4) is 0 Å². The maximum atomic E-state index is 13.0. The van der Waals surface area contributed by atoms with E-state index in [1.165, 1.54) is 12.1 Å². The van der Waals surface area contributed by atoms with E-state index in [2.05, 4.69) is 20.9 Å². The second-order valence-corrected chi connectivity index (χ2v) is 5.10. The van der Waals surface area contributed by atoms with Crippen molar-refractivity contribution in [2.45, 2.75) is 20.4 Å². The molecule has 0 aliphatic carbocycles. The van der Waals surface area contributed by atoms with Gasteiger partial charge in [-0.3, -0.25) is 0 Å². The molecule has 0 bridgehead atoms. The van der Waals surface area contributed by atoms with E-state index >= 15 is 0 Å². The van der Waals surface area contributed by atoms with Gasteiger partial charge in [0, 0.05) is 17.8 Å². The van der Waals surface area contributed by atoms with Crippen molar-refractivity contribution in [3.05, 3.63) is 51.4 Å². The van der Waals surface area contributed by atoms with Crippen LogP contribution in [0, 0.1) is 19.7 Å². The molecule has 0 saturated carbocycles. The number of hydrogen-bond acceptors (Lipinski definition) is 3. The molecule has 0 aliphatic rings. The molecule has 2 N–H and O–H groups in total. The first-order valence-corrected chi connectivity index (χ1v) is 6.60. The maximum Gasteiger partial charge on any atom is 0.224 e. The van der Waals surface area contributed by atoms with Gasteiger partial charge in [-0.1, -0.05) is 0 Å². The third-order valence-corrected chi connectivity index (χ3v) is 3.36. The topological polar surface area (TPSA) is 48.1 Å². The van der Waals surface area contributed by atoms with Crippen LogP contribution in [0.4, 0.5) is 4.39 Å². The standard InChI is InChI=1S/C14H14BrFN2O/c1-8-5-9(2)18-14(11(8)7-17)19-13-4-3-10(16)6-12(13)15/h3-6H,7,17H2,1-2H3. The molecule has 0 aliphatic heterocycles. The lowest BCUT2D eigenvalue weighted by molar-refractivity contribution is 0.450. The average Bonchev–Trinajstić information content (AvgIpc) is 2.32. The van der Waals surface area contributed by atoms with Gasteiger partial charge in [-0.2, -0.15) is 0 Å². The van der Waals surface area contributed by atoms with Gasteiger partial charge < -0.3 is 10.5 Å². The van der Waals surface area contributed by atoms with Gasteiger partial charge in [0.05, 0.1) is 4.47 Å². The van der Waals surface area contributed by atoms with Crippen molar-refractivity contribution in [1.82, 2.24) is 4.98 Å². The fourth-order valence-electron chi connectivity index (χ4n) is 1.82. The van der Waals surface area contributed by atoms with Gasteiger partial charge >= 0.3 is 0 Å². The zero-order valence-corrected chi connectivity index (χ0v) is 12.3. The Kier molecular flexibility index (Phi) is 4.17. The van der Waals surface area contributed by atoms with Gasteiger partial charge in [0.25, 0.3) is 0 Å². The average molecular weight is 325 g/mol. The molecule has 0 radical (unpaired) electrons. The highest BCUT2D eigenvalue weighted by molar-refractivity contribution is 9.10. The first-order chi connectivity index (χ1) is 9.01. The second-order valence-electron chi connectivity index (χ2n) is 4.25. The highest BCUT2D eigenvalue weighted by atomic mass is 79.9. The Morgan fingerprint density at radius 3 is 2.68 bits per heavy atom. The summed E-state index contributed by atoms with van der Waals surface area (Å²) in [6, 6.07) is 6.19. The van der Waals surface area contributed by atoms with Gasteiger partial charge in [-0.25, -0.2) is 9.37 Å². The van der Waals surface area contributed by atoms with Crippen LogP contribution >= 0.6 is 15.9 Å². The first-order valence-electron chi connectivity index (χ1n) is 5.81. The van der Waals surface area contributed by atoms with Crippen molar-refractivity contribution in [1.29, 1.82) is 0 Å². The van der Waals surface area contributed by atoms with Crippen molar-refractivity contribution < 1.29 is 9.13 Å². The molecule has 19 heavy (non-hydrogen) atoms. The van der Waals surface area contributed by atoms with E-state index in [4.69, 9.17) is 10.5 Å². The van der Waals surface area contributed by atoms with Crippen LogP contribution in [0.1, 0.15) is 16.8 Å². The molecule has 3 nitrogen and oxygen atoms in total. The van der Waals surface area contributed by atoms with Crippen LogP contribution in [-0.2, 0) is 6.54 Å². The predicted molar refractivity (Wildman–Crippen MR) is 75.8 cm³/mol. The molecular weight excluding hydrogens is 311 g/mol. The number of pyridine rings is 1. The number of halogens is 2. The van der Waals surface area contributed by atoms with Crippen LogP contribution in [0.15, 0.2) is 28.7 Å². The summed E-state index contributed by atoms with van der Waals surface area (Å²) in [5.74, 6) is 0.646. The molecule has 0 saturated heterocycles. The molecule has 5 heteroatoms. The Morgan fingerprint density at radius 2 is 2.05 bits per heavy atom. The van der Waals surface area contributed by atoms with Crippen LogP contribution in [0.5, 0.6) is 11.6 Å². The third-order valence-electron chi connectivity index (χ3n) is 2.74. The van der Waals surface area contributed by atoms with E-state index in [-0.39, 0.29) is 5.82 Å². The molecule has 1 heterocycles. The highest BCUT2D eigenvalue weighted by Gasteiger charge is 2.12. The lowest BCUT2D eigenvalue weighted by Gasteiger charge is -2.13. The minimum Gasteiger partial charge on any atom is -0.437 e. The monoisotopic (exact) mass is 324 g/mol. The zero-order chi connectivity index (χ0) is 14.0. The van der Waals surface area contributed by atoms with E-state index in [0.717, 1.165) is 16.8 Å². The number of benzene rings is 1. The molecule has 1 aromatic carbocycles. The smallest absolute Gasteiger partial charge is 0.224 e. The van der Waals surface area contributed by atoms with Gasteiger partial charge in [0.2, 0.25) is 5.88 Å². The molecule has 0 atom stereocenters. The summed E-state index contributed by atoms with van der Waals surface area (Å²) in [6.45, 7) is 4.19. The van der Waals surface area contributed by atoms with Gasteiger partial charge in [0.1, 0.15) is 11.6 Å². The summed E-state index contributed by atoms with van der Waals surface area (Å²) in [5, 5.41) is 0. The minimum absolute atomic E-state index is 0.327. The number of nitrogens with zero attached hydrogens (tertiary/aromatic N) is 1. The summed E-state index contributed by atoms with van der Waals surface area (Å²) in [7, 11) is 0. The summed E-state index contributed by atoms with van der Waals surface area (Å²) < 4.78 is 19.3. The normalized spacial score (nSPS) is 10.6. The summed E-state index contributed by atoms with van der Waals surface area (Å²) in [5.41, 5.74) is 8.46. The van der Waals surface area contributed by atoms with Crippen molar-refractivity contribution in [2.24, 2.45) is 5.73 Å². The number of hydrogen-bond donors (Lipinski definition) is 1. The Labute approximate surface area is 119 Å². The van der Waals surface area contributed by atoms with E-state index in [0.29, 0.717) is 22.6 Å². The predicted octanol–water partition coefficient (Wildman–Crippen LogP) is 3.85. The minimum atomic E-state index is -0.327. The van der Waals surface area contributed by atoms with Crippen LogP contribution in [0.25, 0.3) is 0 Å². The Balaban J connectivity index is 2.42. The molecular formula is C14H14BrFN2O. The van der Waals surface area contributed by atoms with E-state index < -0.39 is 0 Å². The van der Waals surface area contributed by atoms with E-state index in [9.17, 15) is 4.39 Å². The largest absolute Gasteiger partial charge is 0.437 e. The molecule has 0 fully saturated rings. The number of nitrogens with two attached hydrogens (primary N) is 1. The summed E-state index contributed by atoms with van der Waals surface area (Å²) in [6.07, 6.45) is 0. The molecule has 2 rings (SSSR count). The van der Waals surface area contributed by atoms with Gasteiger partial charge in [-0.05, 0) is 59.6 Å². The Bertz CT molecular complexity index is 617. The number of aromatic nitrogens is 1. The van der Waals surface area contributed by atoms with Crippen LogP contribution < -0.4 is 10.5 Å². The second kappa shape index (κ2) is 5.67. The zero-order valence-electron chi connectivity index (χ0n) is 10.7. The van der Waals surface area contributed by atoms with Crippen molar-refractivity contribution in [3.63, 3.8) is 0 Å². The third kappa shape index (κ3) is 3.11. The molecule has 2 aromatic rings. The molecule has 1 aromatic heterocycles. The summed E-state index contributed by atoms with van der Waals surface area (Å²) >= 11 is 3.26. The lowest BCUT2D eigenvalue weighted by Crippen LogP contribution is -2.05. The maximum absolute atomic E-state index is 13.0. The fraction of sp³-hybridized carbons (Fsp3) is 0.214. The first kappa shape index (κ1) is 14.0. The van der Waals surface area contributed by atoms with E-state index in [1.54, 1.807) is 6.07 Å². The van der Waals surface area contributed by atoms with Crippen molar-refractivity contribution >= 4 is 15.9 Å².